The number of hydrogen-bond acceptors (Lipinski definition) is 5. The van der Waals surface area contributed by atoms with Crippen LogP contribution in [0.1, 0.15) is 40.5 Å². The number of carbonyl (C=O) groups excluding carboxylic acids is 1. The minimum Gasteiger partial charge on any atom is -0.462 e. The van der Waals surface area contributed by atoms with Crippen LogP contribution in [0.3, 0.4) is 0 Å². The van der Waals surface area contributed by atoms with Crippen LogP contribution in [0.25, 0.3) is 5.65 Å². The first-order valence-corrected chi connectivity index (χ1v) is 9.29. The highest BCUT2D eigenvalue weighted by Gasteiger charge is 2.23. The first-order chi connectivity index (χ1) is 13.5. The molecular formula is C20H21FN4O3. The van der Waals surface area contributed by atoms with Gasteiger partial charge in [0, 0.05) is 30.1 Å². The van der Waals surface area contributed by atoms with Crippen molar-refractivity contribution in [3.05, 3.63) is 63.0 Å². The Hall–Kier alpha value is -3.16. The van der Waals surface area contributed by atoms with Crippen LogP contribution in [-0.2, 0) is 17.7 Å². The van der Waals surface area contributed by atoms with Crippen LogP contribution in [0.15, 0.2) is 29.2 Å². The molecule has 0 saturated heterocycles. The van der Waals surface area contributed by atoms with Crippen molar-refractivity contribution in [3.8, 4) is 0 Å². The van der Waals surface area contributed by atoms with Crippen molar-refractivity contribution in [1.82, 2.24) is 14.6 Å². The monoisotopic (exact) mass is 384 g/mol. The van der Waals surface area contributed by atoms with Gasteiger partial charge in [0.15, 0.2) is 5.65 Å². The number of H-pyrrole nitrogens is 1. The molecule has 0 spiro atoms. The van der Waals surface area contributed by atoms with Crippen LogP contribution in [0.4, 0.5) is 10.1 Å². The topological polar surface area (TPSA) is 79.7 Å². The van der Waals surface area contributed by atoms with E-state index in [1.807, 2.05) is 11.8 Å². The van der Waals surface area contributed by atoms with Gasteiger partial charge in [0.25, 0.3) is 5.56 Å². The lowest BCUT2D eigenvalue weighted by Gasteiger charge is -2.32. The number of nitrogens with zero attached hydrogens (tertiary/aromatic N) is 3. The number of fused-ring (bicyclic) bond motifs is 2. The third-order valence-electron chi connectivity index (χ3n) is 5.00. The van der Waals surface area contributed by atoms with E-state index in [1.54, 1.807) is 13.0 Å². The summed E-state index contributed by atoms with van der Waals surface area (Å²) >= 11 is 0. The highest BCUT2D eigenvalue weighted by molar-refractivity contribution is 5.95. The number of halogens is 1. The normalized spacial score (nSPS) is 13.6. The second kappa shape index (κ2) is 7.10. The maximum absolute atomic E-state index is 14.3. The minimum atomic E-state index is -0.536. The van der Waals surface area contributed by atoms with Crippen LogP contribution in [0, 0.1) is 12.7 Å². The molecule has 0 fully saturated rings. The Morgan fingerprint density at radius 1 is 1.39 bits per heavy atom. The average molecular weight is 384 g/mol. The zero-order valence-corrected chi connectivity index (χ0v) is 15.8. The van der Waals surface area contributed by atoms with Crippen molar-refractivity contribution in [3.63, 3.8) is 0 Å². The molecule has 0 atom stereocenters. The average Bonchev–Trinajstić information content (AvgIpc) is 3.10. The number of anilines is 1. The fraction of sp³-hybridized carbons (Fsp3) is 0.350. The zero-order chi connectivity index (χ0) is 19.8. The Balaban J connectivity index is 1.74. The maximum atomic E-state index is 14.3. The van der Waals surface area contributed by atoms with Crippen molar-refractivity contribution >= 4 is 17.3 Å². The van der Waals surface area contributed by atoms with Crippen molar-refractivity contribution in [1.29, 1.82) is 0 Å². The summed E-state index contributed by atoms with van der Waals surface area (Å²) in [5.74, 6) is -0.740. The van der Waals surface area contributed by atoms with Gasteiger partial charge in [-0.2, -0.15) is 0 Å². The van der Waals surface area contributed by atoms with Gasteiger partial charge in [-0.1, -0.05) is 6.07 Å². The van der Waals surface area contributed by atoms with Crippen LogP contribution >= 0.6 is 0 Å². The van der Waals surface area contributed by atoms with Gasteiger partial charge in [-0.25, -0.2) is 18.7 Å². The second-order valence-corrected chi connectivity index (χ2v) is 6.87. The number of benzene rings is 1. The molecule has 28 heavy (non-hydrogen) atoms. The largest absolute Gasteiger partial charge is 0.462 e. The summed E-state index contributed by atoms with van der Waals surface area (Å²) in [5, 5.41) is 2.74. The third kappa shape index (κ3) is 3.04. The summed E-state index contributed by atoms with van der Waals surface area (Å²) < 4.78 is 20.5. The Kier molecular flexibility index (Phi) is 4.62. The van der Waals surface area contributed by atoms with E-state index in [4.69, 9.17) is 4.74 Å². The van der Waals surface area contributed by atoms with Gasteiger partial charge in [-0.3, -0.25) is 9.89 Å². The van der Waals surface area contributed by atoms with Gasteiger partial charge in [0.05, 0.1) is 18.8 Å². The first-order valence-electron chi connectivity index (χ1n) is 9.29. The Bertz CT molecular complexity index is 1120. The van der Waals surface area contributed by atoms with Gasteiger partial charge in [-0.05, 0) is 38.3 Å². The van der Waals surface area contributed by atoms with E-state index in [0.29, 0.717) is 24.2 Å². The number of aryl methyl sites for hydroxylation is 1. The van der Waals surface area contributed by atoms with Gasteiger partial charge in [-0.15, -0.1) is 0 Å². The molecule has 3 aromatic rings. The Morgan fingerprint density at radius 3 is 3.00 bits per heavy atom. The quantitative estimate of drug-likeness (QED) is 0.700. The van der Waals surface area contributed by atoms with E-state index in [9.17, 15) is 14.0 Å². The van der Waals surface area contributed by atoms with E-state index in [0.717, 1.165) is 24.2 Å². The lowest BCUT2D eigenvalue weighted by Crippen LogP contribution is -2.31. The van der Waals surface area contributed by atoms with Gasteiger partial charge in [0.2, 0.25) is 0 Å². The van der Waals surface area contributed by atoms with Crippen molar-refractivity contribution < 1.29 is 13.9 Å². The van der Waals surface area contributed by atoms with E-state index >= 15 is 0 Å². The fourth-order valence-electron chi connectivity index (χ4n) is 3.79. The molecule has 0 unspecified atom stereocenters. The number of ether oxygens (including phenoxy) is 1. The molecule has 7 nitrogen and oxygen atoms in total. The third-order valence-corrected chi connectivity index (χ3v) is 5.00. The number of rotatable bonds is 4. The Morgan fingerprint density at radius 2 is 2.21 bits per heavy atom. The molecule has 0 saturated carbocycles. The molecule has 1 aliphatic rings. The first kappa shape index (κ1) is 18.2. The van der Waals surface area contributed by atoms with E-state index in [2.05, 4.69) is 10.1 Å². The van der Waals surface area contributed by atoms with Crippen LogP contribution < -0.4 is 10.5 Å². The van der Waals surface area contributed by atoms with Crippen LogP contribution in [0.5, 0.6) is 0 Å². The number of hydrogen-bond donors (Lipinski definition) is 1. The van der Waals surface area contributed by atoms with Crippen molar-refractivity contribution in [2.45, 2.75) is 33.2 Å². The van der Waals surface area contributed by atoms with Gasteiger partial charge < -0.3 is 9.64 Å². The highest BCUT2D eigenvalue weighted by atomic mass is 19.1. The molecule has 0 amide bonds. The summed E-state index contributed by atoms with van der Waals surface area (Å²) in [4.78, 5) is 31.2. The molecule has 2 aromatic heterocycles. The van der Waals surface area contributed by atoms with E-state index in [-0.39, 0.29) is 29.2 Å². The lowest BCUT2D eigenvalue weighted by molar-refractivity contribution is 0.0528. The minimum absolute atomic E-state index is 0.205. The number of aromatic nitrogens is 3. The molecule has 1 N–H and O–H groups in total. The van der Waals surface area contributed by atoms with Gasteiger partial charge >= 0.3 is 5.97 Å². The molecule has 1 aromatic carbocycles. The van der Waals surface area contributed by atoms with Crippen molar-refractivity contribution in [2.24, 2.45) is 0 Å². The molecule has 0 aliphatic carbocycles. The number of carbonyl (C=O) groups is 1. The molecule has 0 bridgehead atoms. The molecule has 8 heteroatoms. The van der Waals surface area contributed by atoms with Crippen LogP contribution in [-0.4, -0.2) is 33.7 Å². The summed E-state index contributed by atoms with van der Waals surface area (Å²) in [7, 11) is 0. The highest BCUT2D eigenvalue weighted by Crippen LogP contribution is 2.33. The number of nitrogens with one attached hydrogen (secondary N) is 1. The maximum Gasteiger partial charge on any atom is 0.343 e. The Labute approximate surface area is 160 Å². The molecular weight excluding hydrogens is 363 g/mol. The zero-order valence-electron chi connectivity index (χ0n) is 15.8. The standard InChI is InChI=1S/C20H21FN4O3/c1-3-28-20(27)15-10-22-25-17(26)9-13(23-19(15)25)11-24-8-4-5-14-16(21)7-6-12(2)18(14)24/h6-7,9-10,22H,3-5,8,11H2,1-2H3. The molecule has 4 rings (SSSR count). The summed E-state index contributed by atoms with van der Waals surface area (Å²) in [6.07, 6.45) is 2.94. The SMILES string of the molecule is CCOC(=O)c1c[nH]n2c(=O)cc(CN3CCCc4c(F)ccc(C)c43)nc12. The predicted octanol–water partition coefficient (Wildman–Crippen LogP) is 2.60. The molecule has 3 heterocycles. The van der Waals surface area contributed by atoms with E-state index < -0.39 is 5.97 Å². The fourth-order valence-corrected chi connectivity index (χ4v) is 3.79. The lowest BCUT2D eigenvalue weighted by atomic mass is 9.97. The summed E-state index contributed by atoms with van der Waals surface area (Å²) in [6, 6.07) is 4.70. The molecule has 0 radical (unpaired) electrons. The molecule has 1 aliphatic heterocycles. The van der Waals surface area contributed by atoms with E-state index in [1.165, 1.54) is 22.8 Å². The predicted molar refractivity (Wildman–Crippen MR) is 102 cm³/mol. The summed E-state index contributed by atoms with van der Waals surface area (Å²) in [6.45, 7) is 5.00. The summed E-state index contributed by atoms with van der Waals surface area (Å²) in [5.41, 5.74) is 3.21. The second-order valence-electron chi connectivity index (χ2n) is 6.87. The number of esters is 1. The van der Waals surface area contributed by atoms with Crippen molar-refractivity contribution in [2.75, 3.05) is 18.1 Å². The van der Waals surface area contributed by atoms with Gasteiger partial charge in [0.1, 0.15) is 11.4 Å². The number of aromatic amines is 1. The molecule has 146 valence electrons. The smallest absolute Gasteiger partial charge is 0.343 e. The van der Waals surface area contributed by atoms with Crippen LogP contribution in [0.2, 0.25) is 0 Å².